The lowest BCUT2D eigenvalue weighted by Crippen LogP contribution is -1.95. The first-order valence-electron chi connectivity index (χ1n) is 3.17. The lowest BCUT2D eigenvalue weighted by molar-refractivity contribution is -0.105. The molecule has 1 aromatic rings. The second-order valence-corrected chi connectivity index (χ2v) is 3.63. The number of hydrogen-bond donors (Lipinski definition) is 1. The maximum atomic E-state index is 11.1. The van der Waals surface area contributed by atoms with Crippen LogP contribution >= 0.6 is 27.3 Å². The summed E-state index contributed by atoms with van der Waals surface area (Å²) < 4.78 is 0. The smallest absolute Gasteiger partial charge is 0.212 e. The normalized spacial score (nSPS) is 9.42. The Hall–Kier alpha value is -0.680. The van der Waals surface area contributed by atoms with E-state index in [0.29, 0.717) is 21.6 Å². The molecule has 0 spiro atoms. The molecule has 5 heteroatoms. The monoisotopic (exact) mass is 247 g/mol. The van der Waals surface area contributed by atoms with Crippen molar-refractivity contribution in [3.8, 4) is 0 Å². The molecule has 0 bridgehead atoms. The second kappa shape index (κ2) is 4.37. The summed E-state index contributed by atoms with van der Waals surface area (Å²) in [6.07, 6.45) is 0.591. The summed E-state index contributed by atoms with van der Waals surface area (Å²) in [5.74, 6) is 0.0268. The molecule has 1 N–H and O–H groups in total. The molecule has 0 unspecified atom stereocenters. The molecule has 0 saturated carbocycles. The lowest BCUT2D eigenvalue weighted by atomic mass is 10.3. The van der Waals surface area contributed by atoms with Gasteiger partial charge in [0.15, 0.2) is 5.78 Å². The molecule has 0 atom stereocenters. The van der Waals surface area contributed by atoms with E-state index in [-0.39, 0.29) is 5.78 Å². The molecule has 1 aromatic heterocycles. The van der Waals surface area contributed by atoms with E-state index < -0.39 is 0 Å². The average molecular weight is 248 g/mol. The van der Waals surface area contributed by atoms with Crippen LogP contribution in [0.3, 0.4) is 0 Å². The largest absolute Gasteiger partial charge is 0.320 e. The Balaban J connectivity index is 2.76. The Morgan fingerprint density at radius 1 is 1.67 bits per heavy atom. The Morgan fingerprint density at radius 2 is 2.42 bits per heavy atom. The number of ketones is 1. The Bertz CT molecular complexity index is 297. The highest BCUT2D eigenvalue weighted by molar-refractivity contribution is 9.09. The van der Waals surface area contributed by atoms with Crippen LogP contribution in [0.25, 0.3) is 0 Å². The molecule has 0 aliphatic heterocycles. The molecular weight excluding hydrogens is 242 g/mol. The van der Waals surface area contributed by atoms with E-state index in [1.165, 1.54) is 11.3 Å². The first-order valence-corrected chi connectivity index (χ1v) is 5.11. The Morgan fingerprint density at radius 3 is 3.00 bits per heavy atom. The van der Waals surface area contributed by atoms with Crippen LogP contribution in [-0.4, -0.2) is 17.5 Å². The van der Waals surface area contributed by atoms with Crippen molar-refractivity contribution in [2.45, 2.75) is 0 Å². The number of rotatable bonds is 4. The molecule has 1 heterocycles. The standard InChI is InChI=1S/C7H6BrNO2S/c8-3-5(11)6-1-2-7(12-6)9-4-10/h1-2,4H,3H2,(H,9,10). The van der Waals surface area contributed by atoms with E-state index in [1.807, 2.05) is 0 Å². The Kier molecular flexibility index (Phi) is 3.43. The van der Waals surface area contributed by atoms with Crippen molar-refractivity contribution in [2.24, 2.45) is 0 Å². The van der Waals surface area contributed by atoms with E-state index >= 15 is 0 Å². The van der Waals surface area contributed by atoms with Crippen LogP contribution in [0.15, 0.2) is 12.1 Å². The topological polar surface area (TPSA) is 46.2 Å². The van der Waals surface area contributed by atoms with E-state index in [2.05, 4.69) is 21.2 Å². The highest BCUT2D eigenvalue weighted by Gasteiger charge is 2.06. The molecular formula is C7H6BrNO2S. The maximum Gasteiger partial charge on any atom is 0.212 e. The van der Waals surface area contributed by atoms with E-state index in [0.717, 1.165) is 0 Å². The van der Waals surface area contributed by atoms with Gasteiger partial charge < -0.3 is 5.32 Å². The van der Waals surface area contributed by atoms with Gasteiger partial charge in [0.1, 0.15) is 0 Å². The van der Waals surface area contributed by atoms with Crippen LogP contribution in [0.4, 0.5) is 5.00 Å². The number of anilines is 1. The van der Waals surface area contributed by atoms with Gasteiger partial charge in [0, 0.05) is 0 Å². The second-order valence-electron chi connectivity index (χ2n) is 1.98. The predicted octanol–water partition coefficient (Wildman–Crippen LogP) is 1.89. The first-order chi connectivity index (χ1) is 5.77. The van der Waals surface area contributed by atoms with Crippen LogP contribution in [0.1, 0.15) is 9.67 Å². The van der Waals surface area contributed by atoms with Gasteiger partial charge in [-0.15, -0.1) is 11.3 Å². The molecule has 0 radical (unpaired) electrons. The van der Waals surface area contributed by atoms with Crippen LogP contribution in [0, 0.1) is 0 Å². The van der Waals surface area contributed by atoms with Gasteiger partial charge in [0.2, 0.25) is 6.41 Å². The third-order valence-corrected chi connectivity index (χ3v) is 2.77. The molecule has 0 saturated heterocycles. The fraction of sp³-hybridized carbons (Fsp3) is 0.143. The summed E-state index contributed by atoms with van der Waals surface area (Å²) >= 11 is 4.34. The Labute approximate surface area is 81.9 Å². The summed E-state index contributed by atoms with van der Waals surface area (Å²) in [5, 5.41) is 3.48. The van der Waals surface area contributed by atoms with Gasteiger partial charge in [-0.25, -0.2) is 0 Å². The average Bonchev–Trinajstić information content (AvgIpc) is 2.52. The van der Waals surface area contributed by atoms with Crippen molar-refractivity contribution in [2.75, 3.05) is 10.6 Å². The van der Waals surface area contributed by atoms with Crippen molar-refractivity contribution in [3.63, 3.8) is 0 Å². The quantitative estimate of drug-likeness (QED) is 0.502. The fourth-order valence-electron chi connectivity index (χ4n) is 0.689. The molecule has 12 heavy (non-hydrogen) atoms. The number of alkyl halides is 1. The van der Waals surface area contributed by atoms with Gasteiger partial charge in [-0.1, -0.05) is 15.9 Å². The van der Waals surface area contributed by atoms with Gasteiger partial charge in [-0.3, -0.25) is 9.59 Å². The summed E-state index contributed by atoms with van der Waals surface area (Å²) in [7, 11) is 0. The third kappa shape index (κ3) is 2.15. The number of carbonyl (C=O) groups is 2. The number of nitrogens with one attached hydrogen (secondary N) is 1. The third-order valence-electron chi connectivity index (χ3n) is 1.20. The highest BCUT2D eigenvalue weighted by Crippen LogP contribution is 2.21. The minimum Gasteiger partial charge on any atom is -0.320 e. The lowest BCUT2D eigenvalue weighted by Gasteiger charge is -1.89. The number of halogens is 1. The summed E-state index contributed by atoms with van der Waals surface area (Å²) in [6.45, 7) is 0. The zero-order valence-corrected chi connectivity index (χ0v) is 8.44. The van der Waals surface area contributed by atoms with E-state index in [9.17, 15) is 9.59 Å². The van der Waals surface area contributed by atoms with Crippen molar-refractivity contribution in [1.82, 2.24) is 0 Å². The maximum absolute atomic E-state index is 11.1. The van der Waals surface area contributed by atoms with Gasteiger partial charge in [0.05, 0.1) is 15.2 Å². The van der Waals surface area contributed by atoms with Crippen LogP contribution < -0.4 is 5.32 Å². The van der Waals surface area contributed by atoms with Gasteiger partial charge >= 0.3 is 0 Å². The zero-order chi connectivity index (χ0) is 8.97. The number of amides is 1. The molecule has 1 amide bonds. The summed E-state index contributed by atoms with van der Waals surface area (Å²) in [4.78, 5) is 21.8. The van der Waals surface area contributed by atoms with Crippen molar-refractivity contribution >= 4 is 44.5 Å². The molecule has 1 rings (SSSR count). The number of Topliss-reactive ketones (excluding diaryl/α,β-unsaturated/α-hetero) is 1. The minimum atomic E-state index is 0.0268. The molecule has 0 aliphatic rings. The SMILES string of the molecule is O=CNc1ccc(C(=O)CBr)s1. The predicted molar refractivity (Wildman–Crippen MR) is 52.1 cm³/mol. The van der Waals surface area contributed by atoms with Gasteiger partial charge in [0.25, 0.3) is 0 Å². The van der Waals surface area contributed by atoms with Crippen LogP contribution in [0.2, 0.25) is 0 Å². The van der Waals surface area contributed by atoms with Crippen LogP contribution in [0.5, 0.6) is 0 Å². The van der Waals surface area contributed by atoms with E-state index in [4.69, 9.17) is 0 Å². The van der Waals surface area contributed by atoms with E-state index in [1.54, 1.807) is 12.1 Å². The minimum absolute atomic E-state index is 0.0268. The molecule has 0 fully saturated rings. The summed E-state index contributed by atoms with van der Waals surface area (Å²) in [6, 6.07) is 3.40. The number of thiophene rings is 1. The van der Waals surface area contributed by atoms with Gasteiger partial charge in [-0.05, 0) is 12.1 Å². The highest BCUT2D eigenvalue weighted by atomic mass is 79.9. The molecule has 64 valence electrons. The molecule has 0 aliphatic carbocycles. The van der Waals surface area contributed by atoms with Crippen LogP contribution in [-0.2, 0) is 4.79 Å². The fourth-order valence-corrected chi connectivity index (χ4v) is 1.98. The summed E-state index contributed by atoms with van der Waals surface area (Å²) in [5.41, 5.74) is 0. The molecule has 3 nitrogen and oxygen atoms in total. The van der Waals surface area contributed by atoms with Crippen molar-refractivity contribution in [1.29, 1.82) is 0 Å². The molecule has 0 aromatic carbocycles. The van der Waals surface area contributed by atoms with Crippen molar-refractivity contribution < 1.29 is 9.59 Å². The number of carbonyl (C=O) groups excluding carboxylic acids is 2. The zero-order valence-electron chi connectivity index (χ0n) is 6.04. The van der Waals surface area contributed by atoms with Crippen molar-refractivity contribution in [3.05, 3.63) is 17.0 Å². The van der Waals surface area contributed by atoms with Gasteiger partial charge in [-0.2, -0.15) is 0 Å². The first kappa shape index (κ1) is 9.41. The number of hydrogen-bond acceptors (Lipinski definition) is 3.